The summed E-state index contributed by atoms with van der Waals surface area (Å²) in [4.78, 5) is 36.1. The van der Waals surface area contributed by atoms with Gasteiger partial charge in [0.15, 0.2) is 6.61 Å². The highest BCUT2D eigenvalue weighted by atomic mass is 79.9. The van der Waals surface area contributed by atoms with Crippen molar-refractivity contribution in [2.75, 3.05) is 13.2 Å². The van der Waals surface area contributed by atoms with E-state index >= 15 is 0 Å². The van der Waals surface area contributed by atoms with E-state index in [9.17, 15) is 14.4 Å². The lowest BCUT2D eigenvalue weighted by molar-refractivity contribution is -0.151. The largest absolute Gasteiger partial charge is 0.454 e. The number of benzene rings is 1. The number of hydrogen-bond donors (Lipinski definition) is 2. The van der Waals surface area contributed by atoms with Crippen LogP contribution in [0.25, 0.3) is 0 Å². The first-order valence-corrected chi connectivity index (χ1v) is 9.14. The number of unbranched alkanes of at least 4 members (excludes halogenated alkanes) is 1. The molecule has 0 fully saturated rings. The summed E-state index contributed by atoms with van der Waals surface area (Å²) in [7, 11) is 0. The molecule has 1 aromatic rings. The number of esters is 1. The number of ether oxygens (including phenoxy) is 1. The lowest BCUT2D eigenvalue weighted by Gasteiger charge is -2.20. The van der Waals surface area contributed by atoms with Gasteiger partial charge in [0, 0.05) is 16.6 Å². The Morgan fingerprint density at radius 3 is 2.36 bits per heavy atom. The molecule has 0 aliphatic carbocycles. The molecule has 0 saturated carbocycles. The summed E-state index contributed by atoms with van der Waals surface area (Å²) >= 11 is 3.30. The Bertz CT molecular complexity index is 587. The summed E-state index contributed by atoms with van der Waals surface area (Å²) in [5, 5.41) is 5.34. The zero-order valence-electron chi connectivity index (χ0n) is 14.8. The molecule has 1 rings (SSSR count). The van der Waals surface area contributed by atoms with Crippen LogP contribution in [-0.4, -0.2) is 37.0 Å². The van der Waals surface area contributed by atoms with Gasteiger partial charge in [-0.1, -0.05) is 43.1 Å². The fraction of sp³-hybridized carbons (Fsp3) is 0.500. The van der Waals surface area contributed by atoms with Crippen molar-refractivity contribution in [3.8, 4) is 0 Å². The number of carbonyl (C=O) groups is 3. The van der Waals surface area contributed by atoms with Crippen LogP contribution in [0.2, 0.25) is 0 Å². The van der Waals surface area contributed by atoms with Crippen LogP contribution in [0, 0.1) is 5.92 Å². The molecular formula is C18H25BrN2O4. The maximum Gasteiger partial charge on any atom is 0.329 e. The summed E-state index contributed by atoms with van der Waals surface area (Å²) in [5.41, 5.74) is 0.443. The van der Waals surface area contributed by atoms with Crippen molar-refractivity contribution in [3.05, 3.63) is 34.3 Å². The number of halogens is 1. The number of rotatable bonds is 9. The van der Waals surface area contributed by atoms with Crippen LogP contribution < -0.4 is 10.6 Å². The molecule has 0 aliphatic heterocycles. The predicted molar refractivity (Wildman–Crippen MR) is 99.1 cm³/mol. The highest BCUT2D eigenvalue weighted by molar-refractivity contribution is 9.10. The Hall–Kier alpha value is -1.89. The van der Waals surface area contributed by atoms with Crippen LogP contribution in [0.4, 0.5) is 0 Å². The van der Waals surface area contributed by atoms with Gasteiger partial charge in [0.05, 0.1) is 0 Å². The highest BCUT2D eigenvalue weighted by Crippen LogP contribution is 2.12. The van der Waals surface area contributed by atoms with Crippen molar-refractivity contribution < 1.29 is 19.1 Å². The molecule has 0 bridgehead atoms. The molecule has 7 heteroatoms. The summed E-state index contributed by atoms with van der Waals surface area (Å²) in [6, 6.07) is 5.99. The lowest BCUT2D eigenvalue weighted by Crippen LogP contribution is -2.46. The topological polar surface area (TPSA) is 84.5 Å². The second kappa shape index (κ2) is 10.9. The summed E-state index contributed by atoms with van der Waals surface area (Å²) in [6.45, 7) is 5.83. The second-order valence-corrected chi connectivity index (χ2v) is 6.93. The van der Waals surface area contributed by atoms with Crippen molar-refractivity contribution in [1.82, 2.24) is 10.6 Å². The smallest absolute Gasteiger partial charge is 0.329 e. The highest BCUT2D eigenvalue weighted by Gasteiger charge is 2.26. The maximum absolute atomic E-state index is 12.3. The molecule has 6 nitrogen and oxygen atoms in total. The fourth-order valence-electron chi connectivity index (χ4n) is 2.01. The molecule has 0 saturated heterocycles. The van der Waals surface area contributed by atoms with Gasteiger partial charge >= 0.3 is 5.97 Å². The molecule has 0 unspecified atom stereocenters. The monoisotopic (exact) mass is 412 g/mol. The average molecular weight is 413 g/mol. The minimum absolute atomic E-state index is 0.171. The first-order valence-electron chi connectivity index (χ1n) is 8.35. The third-order valence-electron chi connectivity index (χ3n) is 3.51. The zero-order valence-corrected chi connectivity index (χ0v) is 16.4. The van der Waals surface area contributed by atoms with Crippen molar-refractivity contribution in [2.45, 2.75) is 39.7 Å². The SMILES string of the molecule is CCCCNC(=O)COC(=O)[C@@H](NC(=O)c1ccc(Br)cc1)C(C)C. The molecule has 0 aliphatic rings. The van der Waals surface area contributed by atoms with Gasteiger partial charge in [-0.2, -0.15) is 0 Å². The average Bonchev–Trinajstić information content (AvgIpc) is 2.58. The molecule has 2 N–H and O–H groups in total. The van der Waals surface area contributed by atoms with Gasteiger partial charge in [-0.05, 0) is 36.6 Å². The van der Waals surface area contributed by atoms with Crippen LogP contribution in [0.15, 0.2) is 28.7 Å². The molecule has 1 atom stereocenters. The van der Waals surface area contributed by atoms with E-state index in [1.807, 2.05) is 6.92 Å². The van der Waals surface area contributed by atoms with Gasteiger partial charge in [0.1, 0.15) is 6.04 Å². The van der Waals surface area contributed by atoms with Crippen LogP contribution in [0.1, 0.15) is 44.0 Å². The Morgan fingerprint density at radius 2 is 1.80 bits per heavy atom. The van der Waals surface area contributed by atoms with Crippen LogP contribution >= 0.6 is 15.9 Å². The number of hydrogen-bond acceptors (Lipinski definition) is 4. The fourth-order valence-corrected chi connectivity index (χ4v) is 2.27. The van der Waals surface area contributed by atoms with Gasteiger partial charge in [0.25, 0.3) is 11.8 Å². The first-order chi connectivity index (χ1) is 11.8. The standard InChI is InChI=1S/C18H25BrN2O4/c1-4-5-10-20-15(22)11-25-18(24)16(12(2)3)21-17(23)13-6-8-14(19)9-7-13/h6-9,12,16H,4-5,10-11H2,1-3H3,(H,20,22)(H,21,23)/t16-/m0/s1. The normalized spacial score (nSPS) is 11.7. The van der Waals surface area contributed by atoms with E-state index in [-0.39, 0.29) is 24.3 Å². The number of amides is 2. The Labute approximate surface area is 156 Å². The summed E-state index contributed by atoms with van der Waals surface area (Å²) in [6.07, 6.45) is 1.84. The van der Waals surface area contributed by atoms with E-state index in [1.165, 1.54) is 0 Å². The van der Waals surface area contributed by atoms with Crippen LogP contribution in [0.5, 0.6) is 0 Å². The van der Waals surface area contributed by atoms with E-state index in [4.69, 9.17) is 4.74 Å². The van der Waals surface area contributed by atoms with E-state index in [0.717, 1.165) is 17.3 Å². The van der Waals surface area contributed by atoms with Crippen molar-refractivity contribution in [3.63, 3.8) is 0 Å². The quantitative estimate of drug-likeness (QED) is 0.482. The van der Waals surface area contributed by atoms with Crippen molar-refractivity contribution >= 4 is 33.7 Å². The molecule has 138 valence electrons. The van der Waals surface area contributed by atoms with Crippen molar-refractivity contribution in [1.29, 1.82) is 0 Å². The predicted octanol–water partition coefficient (Wildman–Crippen LogP) is 2.66. The summed E-state index contributed by atoms with van der Waals surface area (Å²) in [5.74, 6) is -1.50. The molecule has 0 spiro atoms. The van der Waals surface area contributed by atoms with Crippen LogP contribution in [0.3, 0.4) is 0 Å². The van der Waals surface area contributed by atoms with E-state index < -0.39 is 12.0 Å². The maximum atomic E-state index is 12.3. The zero-order chi connectivity index (χ0) is 18.8. The minimum atomic E-state index is -0.820. The van der Waals surface area contributed by atoms with Crippen LogP contribution in [-0.2, 0) is 14.3 Å². The Balaban J connectivity index is 2.57. The van der Waals surface area contributed by atoms with E-state index in [2.05, 4.69) is 26.6 Å². The molecule has 0 heterocycles. The van der Waals surface area contributed by atoms with Gasteiger partial charge < -0.3 is 15.4 Å². The molecule has 0 aromatic heterocycles. The lowest BCUT2D eigenvalue weighted by atomic mass is 10.0. The number of nitrogens with one attached hydrogen (secondary N) is 2. The molecule has 2 amide bonds. The number of carbonyl (C=O) groups excluding carboxylic acids is 3. The second-order valence-electron chi connectivity index (χ2n) is 6.01. The summed E-state index contributed by atoms with van der Waals surface area (Å²) < 4.78 is 5.90. The van der Waals surface area contributed by atoms with Gasteiger partial charge in [-0.15, -0.1) is 0 Å². The molecule has 1 aromatic carbocycles. The van der Waals surface area contributed by atoms with Gasteiger partial charge in [0.2, 0.25) is 0 Å². The molecular weight excluding hydrogens is 388 g/mol. The molecule has 25 heavy (non-hydrogen) atoms. The Kier molecular flexibility index (Phi) is 9.20. The minimum Gasteiger partial charge on any atom is -0.454 e. The van der Waals surface area contributed by atoms with E-state index in [0.29, 0.717) is 12.1 Å². The first kappa shape index (κ1) is 21.2. The Morgan fingerprint density at radius 1 is 1.16 bits per heavy atom. The third-order valence-corrected chi connectivity index (χ3v) is 4.04. The van der Waals surface area contributed by atoms with Crippen molar-refractivity contribution in [2.24, 2.45) is 5.92 Å². The van der Waals surface area contributed by atoms with E-state index in [1.54, 1.807) is 38.1 Å². The third kappa shape index (κ3) is 7.69. The van der Waals surface area contributed by atoms with Gasteiger partial charge in [-0.3, -0.25) is 9.59 Å². The molecule has 0 radical (unpaired) electrons. The van der Waals surface area contributed by atoms with Gasteiger partial charge in [-0.25, -0.2) is 4.79 Å².